The molecule has 2 aromatic rings. The highest BCUT2D eigenvalue weighted by atomic mass is 79.9. The molecule has 0 aliphatic heterocycles. The monoisotopic (exact) mass is 266 g/mol. The third-order valence-corrected chi connectivity index (χ3v) is 2.63. The summed E-state index contributed by atoms with van der Waals surface area (Å²) in [6.07, 6.45) is 3.54. The first-order chi connectivity index (χ1) is 7.29. The fraction of sp³-hybridized carbons (Fsp3) is 0.182. The first kappa shape index (κ1) is 10.2. The van der Waals surface area contributed by atoms with Gasteiger partial charge in [0.2, 0.25) is 0 Å². The van der Waals surface area contributed by atoms with Gasteiger partial charge in [-0.15, -0.1) is 0 Å². The van der Waals surface area contributed by atoms with Gasteiger partial charge in [-0.1, -0.05) is 34.1 Å². The van der Waals surface area contributed by atoms with E-state index in [0.717, 1.165) is 22.4 Å². The van der Waals surface area contributed by atoms with E-state index >= 15 is 0 Å². The summed E-state index contributed by atoms with van der Waals surface area (Å²) in [4.78, 5) is 0. The number of alkyl halides is 1. The molecule has 0 bridgehead atoms. The van der Waals surface area contributed by atoms with E-state index in [1.165, 1.54) is 0 Å². The largest absolute Gasteiger partial charge is 0.454 e. The van der Waals surface area contributed by atoms with Gasteiger partial charge in [0.15, 0.2) is 5.75 Å². The maximum Gasteiger partial charge on any atom is 0.165 e. The predicted molar refractivity (Wildman–Crippen MR) is 62.4 cm³/mol. The van der Waals surface area contributed by atoms with Crippen molar-refractivity contribution in [3.05, 3.63) is 42.2 Å². The van der Waals surface area contributed by atoms with Crippen molar-refractivity contribution in [1.29, 1.82) is 0 Å². The smallest absolute Gasteiger partial charge is 0.165 e. The van der Waals surface area contributed by atoms with Gasteiger partial charge in [0.25, 0.3) is 0 Å². The van der Waals surface area contributed by atoms with Gasteiger partial charge in [-0.05, 0) is 6.07 Å². The molecule has 0 amide bonds. The number of para-hydroxylation sites is 1. The van der Waals surface area contributed by atoms with E-state index in [4.69, 9.17) is 4.74 Å². The molecule has 0 radical (unpaired) electrons. The second-order valence-electron chi connectivity index (χ2n) is 3.19. The number of hydrogen-bond donors (Lipinski definition) is 0. The second-order valence-corrected chi connectivity index (χ2v) is 3.75. The van der Waals surface area contributed by atoms with Gasteiger partial charge in [-0.3, -0.25) is 4.68 Å². The summed E-state index contributed by atoms with van der Waals surface area (Å²) in [5, 5.41) is 4.83. The van der Waals surface area contributed by atoms with Crippen molar-refractivity contribution in [3.8, 4) is 11.5 Å². The van der Waals surface area contributed by atoms with E-state index in [2.05, 4.69) is 21.0 Å². The molecule has 1 aromatic carbocycles. The molecular weight excluding hydrogens is 256 g/mol. The Labute approximate surface area is 96.8 Å². The molecule has 0 unspecified atom stereocenters. The minimum Gasteiger partial charge on any atom is -0.454 e. The molecule has 0 aliphatic carbocycles. The standard InChI is InChI=1S/C11H11BrN2O/c1-14-8-10(7-13-14)15-11-5-3-2-4-9(11)6-12/h2-5,7-8H,6H2,1H3. The minimum atomic E-state index is 0.755. The molecule has 3 nitrogen and oxygen atoms in total. The molecule has 15 heavy (non-hydrogen) atoms. The molecule has 4 heteroatoms. The van der Waals surface area contributed by atoms with Crippen LogP contribution in [0.15, 0.2) is 36.7 Å². The van der Waals surface area contributed by atoms with Crippen molar-refractivity contribution in [2.75, 3.05) is 0 Å². The first-order valence-electron chi connectivity index (χ1n) is 4.60. The third kappa shape index (κ3) is 2.39. The number of rotatable bonds is 3. The van der Waals surface area contributed by atoms with Crippen molar-refractivity contribution in [2.24, 2.45) is 7.05 Å². The van der Waals surface area contributed by atoms with Crippen LogP contribution in [0.4, 0.5) is 0 Å². The lowest BCUT2D eigenvalue weighted by atomic mass is 10.2. The molecular formula is C11H11BrN2O. The number of aromatic nitrogens is 2. The molecule has 0 spiro atoms. The molecule has 78 valence electrons. The number of halogens is 1. The topological polar surface area (TPSA) is 27.1 Å². The summed E-state index contributed by atoms with van der Waals surface area (Å²) in [5.74, 6) is 1.62. The predicted octanol–water partition coefficient (Wildman–Crippen LogP) is 3.11. The fourth-order valence-corrected chi connectivity index (χ4v) is 1.76. The SMILES string of the molecule is Cn1cc(Oc2ccccc2CBr)cn1. The number of aryl methyl sites for hydroxylation is 1. The zero-order valence-corrected chi connectivity index (χ0v) is 9.94. The van der Waals surface area contributed by atoms with Crippen LogP contribution < -0.4 is 4.74 Å². The highest BCUT2D eigenvalue weighted by Crippen LogP contribution is 2.25. The molecule has 0 saturated heterocycles. The van der Waals surface area contributed by atoms with E-state index in [-0.39, 0.29) is 0 Å². The number of benzene rings is 1. The van der Waals surface area contributed by atoms with Gasteiger partial charge in [-0.25, -0.2) is 0 Å². The van der Waals surface area contributed by atoms with Crippen LogP contribution in [0.1, 0.15) is 5.56 Å². The van der Waals surface area contributed by atoms with E-state index < -0.39 is 0 Å². The van der Waals surface area contributed by atoms with E-state index in [9.17, 15) is 0 Å². The Morgan fingerprint density at radius 2 is 2.20 bits per heavy atom. The van der Waals surface area contributed by atoms with E-state index in [1.807, 2.05) is 37.5 Å². The zero-order valence-electron chi connectivity index (χ0n) is 8.35. The number of hydrogen-bond acceptors (Lipinski definition) is 2. The van der Waals surface area contributed by atoms with E-state index in [1.54, 1.807) is 10.9 Å². The lowest BCUT2D eigenvalue weighted by Gasteiger charge is -2.06. The van der Waals surface area contributed by atoms with Crippen molar-refractivity contribution in [2.45, 2.75) is 5.33 Å². The van der Waals surface area contributed by atoms with Crippen LogP contribution in [0.25, 0.3) is 0 Å². The highest BCUT2D eigenvalue weighted by Gasteiger charge is 2.03. The van der Waals surface area contributed by atoms with Gasteiger partial charge in [0.1, 0.15) is 5.75 Å². The number of nitrogens with zero attached hydrogens (tertiary/aromatic N) is 2. The van der Waals surface area contributed by atoms with Crippen LogP contribution in [0.3, 0.4) is 0 Å². The Balaban J connectivity index is 2.23. The van der Waals surface area contributed by atoms with Gasteiger partial charge >= 0.3 is 0 Å². The van der Waals surface area contributed by atoms with Crippen LogP contribution in [0.2, 0.25) is 0 Å². The van der Waals surface area contributed by atoms with Crippen molar-refractivity contribution in [3.63, 3.8) is 0 Å². The van der Waals surface area contributed by atoms with Crippen molar-refractivity contribution < 1.29 is 4.74 Å². The van der Waals surface area contributed by atoms with Gasteiger partial charge in [0.05, 0.1) is 12.4 Å². The summed E-state index contributed by atoms with van der Waals surface area (Å²) in [7, 11) is 1.86. The average molecular weight is 267 g/mol. The lowest BCUT2D eigenvalue weighted by Crippen LogP contribution is -1.88. The van der Waals surface area contributed by atoms with Crippen molar-refractivity contribution >= 4 is 15.9 Å². The summed E-state index contributed by atoms with van der Waals surface area (Å²) < 4.78 is 7.42. The maximum atomic E-state index is 5.71. The molecule has 0 aliphatic rings. The normalized spacial score (nSPS) is 10.3. The van der Waals surface area contributed by atoms with Crippen LogP contribution in [0.5, 0.6) is 11.5 Å². The maximum absolute atomic E-state index is 5.71. The zero-order chi connectivity index (χ0) is 10.7. The summed E-state index contributed by atoms with van der Waals surface area (Å²) >= 11 is 3.43. The van der Waals surface area contributed by atoms with Crippen LogP contribution >= 0.6 is 15.9 Å². The van der Waals surface area contributed by atoms with Gasteiger partial charge in [-0.2, -0.15) is 5.10 Å². The van der Waals surface area contributed by atoms with Crippen LogP contribution in [-0.2, 0) is 12.4 Å². The lowest BCUT2D eigenvalue weighted by molar-refractivity contribution is 0.478. The Morgan fingerprint density at radius 3 is 2.87 bits per heavy atom. The number of ether oxygens (including phenoxy) is 1. The first-order valence-corrected chi connectivity index (χ1v) is 5.72. The second kappa shape index (κ2) is 4.49. The molecule has 0 atom stereocenters. The van der Waals surface area contributed by atoms with Crippen molar-refractivity contribution in [1.82, 2.24) is 9.78 Å². The molecule has 1 aromatic heterocycles. The Hall–Kier alpha value is -1.29. The van der Waals surface area contributed by atoms with Gasteiger partial charge < -0.3 is 4.74 Å². The van der Waals surface area contributed by atoms with Crippen LogP contribution in [-0.4, -0.2) is 9.78 Å². The average Bonchev–Trinajstić information content (AvgIpc) is 2.65. The molecule has 0 N–H and O–H groups in total. The Morgan fingerprint density at radius 1 is 1.40 bits per heavy atom. The molecule has 2 rings (SSSR count). The fourth-order valence-electron chi connectivity index (χ4n) is 1.29. The Bertz CT molecular complexity index is 453. The quantitative estimate of drug-likeness (QED) is 0.799. The van der Waals surface area contributed by atoms with Crippen LogP contribution in [0, 0.1) is 0 Å². The summed E-state index contributed by atoms with van der Waals surface area (Å²) in [6.45, 7) is 0. The van der Waals surface area contributed by atoms with E-state index in [0.29, 0.717) is 0 Å². The third-order valence-electron chi connectivity index (χ3n) is 2.03. The molecule has 0 saturated carbocycles. The summed E-state index contributed by atoms with van der Waals surface area (Å²) in [5.41, 5.74) is 1.13. The summed E-state index contributed by atoms with van der Waals surface area (Å²) in [6, 6.07) is 7.93. The molecule has 1 heterocycles. The van der Waals surface area contributed by atoms with Gasteiger partial charge in [0, 0.05) is 17.9 Å². The minimum absolute atomic E-state index is 0.755. The Kier molecular flexibility index (Phi) is 3.06. The molecule has 0 fully saturated rings. The highest BCUT2D eigenvalue weighted by molar-refractivity contribution is 9.08.